The molecule has 1 saturated heterocycles. The maximum absolute atomic E-state index is 6.22. The van der Waals surface area contributed by atoms with Crippen LogP contribution in [0.5, 0.6) is 17.2 Å². The molecule has 0 spiro atoms. The van der Waals surface area contributed by atoms with Gasteiger partial charge >= 0.3 is 0 Å². The summed E-state index contributed by atoms with van der Waals surface area (Å²) in [5.74, 6) is 2.46. The lowest BCUT2D eigenvalue weighted by atomic mass is 10.1. The van der Waals surface area contributed by atoms with E-state index in [1.54, 1.807) is 11.3 Å². The van der Waals surface area contributed by atoms with E-state index in [0.29, 0.717) is 6.61 Å². The minimum atomic E-state index is 0.0343. The quantitative estimate of drug-likeness (QED) is 0.268. The zero-order valence-corrected chi connectivity index (χ0v) is 19.0. The maximum Gasteiger partial charge on any atom is 0.150 e. The lowest BCUT2D eigenvalue weighted by molar-refractivity contribution is -0.0366. The Morgan fingerprint density at radius 2 is 1.79 bits per heavy atom. The van der Waals surface area contributed by atoms with Gasteiger partial charge in [-0.05, 0) is 61.2 Å². The van der Waals surface area contributed by atoms with Gasteiger partial charge in [-0.25, -0.2) is 4.68 Å². The largest absolute Gasteiger partial charge is 0.489 e. The molecule has 0 amide bonds. The van der Waals surface area contributed by atoms with Gasteiger partial charge in [0.1, 0.15) is 23.9 Å². The van der Waals surface area contributed by atoms with Crippen molar-refractivity contribution in [3.63, 3.8) is 0 Å². The van der Waals surface area contributed by atoms with E-state index in [0.717, 1.165) is 58.5 Å². The van der Waals surface area contributed by atoms with Gasteiger partial charge in [0, 0.05) is 27.5 Å². The molecule has 166 valence electrons. The Labute approximate surface area is 196 Å². The van der Waals surface area contributed by atoms with E-state index >= 15 is 0 Å². The van der Waals surface area contributed by atoms with Crippen LogP contribution in [0.15, 0.2) is 78.3 Å². The molecule has 1 aliphatic heterocycles. The molecule has 5 aromatic rings. The van der Waals surface area contributed by atoms with Gasteiger partial charge in [0.05, 0.1) is 11.7 Å². The average molecular weight is 457 g/mol. The zero-order valence-electron chi connectivity index (χ0n) is 18.1. The third-order valence-corrected chi connectivity index (χ3v) is 7.02. The number of rotatable bonds is 6. The summed E-state index contributed by atoms with van der Waals surface area (Å²) in [6, 6.07) is 22.2. The predicted molar refractivity (Wildman–Crippen MR) is 131 cm³/mol. The first kappa shape index (κ1) is 20.3. The number of thiophene rings is 1. The highest BCUT2D eigenvalue weighted by Crippen LogP contribution is 2.40. The Kier molecular flexibility index (Phi) is 5.46. The van der Waals surface area contributed by atoms with Gasteiger partial charge in [-0.15, -0.1) is 11.3 Å². The Balaban J connectivity index is 1.20. The van der Waals surface area contributed by atoms with E-state index in [1.165, 1.54) is 11.1 Å². The Morgan fingerprint density at radius 1 is 0.939 bits per heavy atom. The number of aromatic nitrogens is 2. The molecule has 3 aromatic carbocycles. The van der Waals surface area contributed by atoms with Gasteiger partial charge in [0.2, 0.25) is 0 Å². The highest BCUT2D eigenvalue weighted by atomic mass is 32.1. The van der Waals surface area contributed by atoms with E-state index in [2.05, 4.69) is 34.7 Å². The number of hydrogen-bond acceptors (Lipinski definition) is 5. The van der Waals surface area contributed by atoms with Gasteiger partial charge in [-0.1, -0.05) is 30.3 Å². The number of benzene rings is 3. The lowest BCUT2D eigenvalue weighted by Crippen LogP contribution is -2.18. The van der Waals surface area contributed by atoms with E-state index in [4.69, 9.17) is 14.2 Å². The molecule has 3 heterocycles. The van der Waals surface area contributed by atoms with Crippen LogP contribution in [0, 0.1) is 0 Å². The van der Waals surface area contributed by atoms with Crippen LogP contribution >= 0.6 is 11.3 Å². The number of hydrogen-bond donors (Lipinski definition) is 0. The molecule has 0 aliphatic carbocycles. The van der Waals surface area contributed by atoms with Crippen molar-refractivity contribution < 1.29 is 14.2 Å². The van der Waals surface area contributed by atoms with E-state index in [1.807, 2.05) is 53.3 Å². The fourth-order valence-corrected chi connectivity index (χ4v) is 5.27. The van der Waals surface area contributed by atoms with Gasteiger partial charge in [0.25, 0.3) is 0 Å². The molecule has 0 radical (unpaired) electrons. The summed E-state index contributed by atoms with van der Waals surface area (Å²) in [6.45, 7) is 1.35. The normalized spacial score (nSPS) is 16.3. The van der Waals surface area contributed by atoms with Crippen LogP contribution in [0.25, 0.3) is 21.0 Å². The molecule has 1 fully saturated rings. The molecule has 2 aromatic heterocycles. The molecule has 5 nitrogen and oxygen atoms in total. The predicted octanol–water partition coefficient (Wildman–Crippen LogP) is 7.32. The molecule has 0 N–H and O–H groups in total. The van der Waals surface area contributed by atoms with E-state index in [9.17, 15) is 0 Å². The second-order valence-electron chi connectivity index (χ2n) is 8.23. The first-order chi connectivity index (χ1) is 16.3. The van der Waals surface area contributed by atoms with Gasteiger partial charge in [-0.3, -0.25) is 0 Å². The molecule has 1 atom stereocenters. The summed E-state index contributed by atoms with van der Waals surface area (Å²) >= 11 is 1.69. The summed E-state index contributed by atoms with van der Waals surface area (Å²) in [7, 11) is 0. The zero-order chi connectivity index (χ0) is 22.0. The van der Waals surface area contributed by atoms with Crippen LogP contribution in [-0.2, 0) is 11.3 Å². The summed E-state index contributed by atoms with van der Waals surface area (Å²) in [4.78, 5) is 0. The van der Waals surface area contributed by atoms with Crippen LogP contribution in [-0.4, -0.2) is 16.4 Å². The van der Waals surface area contributed by atoms with Crippen molar-refractivity contribution in [1.82, 2.24) is 9.78 Å². The molecule has 0 saturated carbocycles. The van der Waals surface area contributed by atoms with Crippen LogP contribution in [0.3, 0.4) is 0 Å². The fraction of sp³-hybridized carbons (Fsp3) is 0.222. The molecule has 1 aliphatic rings. The Bertz CT molecular complexity index is 1370. The first-order valence-electron chi connectivity index (χ1n) is 11.3. The molecule has 6 heteroatoms. The number of fused-ring (bicyclic) bond motifs is 3. The second kappa shape index (κ2) is 8.89. The van der Waals surface area contributed by atoms with Crippen molar-refractivity contribution in [1.29, 1.82) is 0 Å². The van der Waals surface area contributed by atoms with Crippen molar-refractivity contribution in [2.75, 3.05) is 6.61 Å². The van der Waals surface area contributed by atoms with Crippen LogP contribution in [0.4, 0.5) is 0 Å². The topological polar surface area (TPSA) is 45.5 Å². The van der Waals surface area contributed by atoms with E-state index in [-0.39, 0.29) is 6.23 Å². The van der Waals surface area contributed by atoms with Gasteiger partial charge in [-0.2, -0.15) is 5.10 Å². The SMILES string of the molecule is c1ccc(COc2ccc(Oc3csc4c3ccc3c4cnn3C3CCCCO3)cc2)cc1. The summed E-state index contributed by atoms with van der Waals surface area (Å²) in [6.07, 6.45) is 5.31. The van der Waals surface area contributed by atoms with Crippen molar-refractivity contribution in [3.05, 3.63) is 83.9 Å². The van der Waals surface area contributed by atoms with Crippen LogP contribution in [0.2, 0.25) is 0 Å². The summed E-state index contributed by atoms with van der Waals surface area (Å²) in [5, 5.41) is 8.97. The molecule has 0 bridgehead atoms. The third kappa shape index (κ3) is 4.08. The first-order valence-corrected chi connectivity index (χ1v) is 12.2. The average Bonchev–Trinajstić information content (AvgIpc) is 3.49. The Morgan fingerprint density at radius 3 is 2.61 bits per heavy atom. The molecular formula is C27H24N2O3S. The molecule has 33 heavy (non-hydrogen) atoms. The molecule has 6 rings (SSSR count). The molecule has 1 unspecified atom stereocenters. The second-order valence-corrected chi connectivity index (χ2v) is 9.11. The number of ether oxygens (including phenoxy) is 3. The van der Waals surface area contributed by atoms with Crippen LogP contribution < -0.4 is 9.47 Å². The van der Waals surface area contributed by atoms with Crippen molar-refractivity contribution >= 4 is 32.3 Å². The van der Waals surface area contributed by atoms with Gasteiger partial charge in [0.15, 0.2) is 6.23 Å². The van der Waals surface area contributed by atoms with Crippen molar-refractivity contribution in [2.45, 2.75) is 32.1 Å². The monoisotopic (exact) mass is 456 g/mol. The van der Waals surface area contributed by atoms with E-state index < -0.39 is 0 Å². The minimum Gasteiger partial charge on any atom is -0.489 e. The fourth-order valence-electron chi connectivity index (χ4n) is 4.29. The summed E-state index contributed by atoms with van der Waals surface area (Å²) in [5.41, 5.74) is 2.26. The van der Waals surface area contributed by atoms with Crippen LogP contribution in [0.1, 0.15) is 31.1 Å². The highest BCUT2D eigenvalue weighted by Gasteiger charge is 2.20. The highest BCUT2D eigenvalue weighted by molar-refractivity contribution is 7.18. The third-order valence-electron chi connectivity index (χ3n) is 6.01. The Hall–Kier alpha value is -3.35. The standard InChI is InChI=1S/C27H24N2O3S/c1-2-6-19(7-3-1)17-31-20-9-11-21(12-10-20)32-25-18-33-27-22(25)13-14-24-23(27)16-28-29(24)26-8-4-5-15-30-26/h1-3,6-7,9-14,16,18,26H,4-5,8,15,17H2. The van der Waals surface area contributed by atoms with Crippen molar-refractivity contribution in [2.24, 2.45) is 0 Å². The molecular weight excluding hydrogens is 432 g/mol. The number of nitrogens with zero attached hydrogens (tertiary/aromatic N) is 2. The van der Waals surface area contributed by atoms with Gasteiger partial charge < -0.3 is 14.2 Å². The summed E-state index contributed by atoms with van der Waals surface area (Å²) < 4.78 is 21.3. The van der Waals surface area contributed by atoms with Crippen molar-refractivity contribution in [3.8, 4) is 17.2 Å². The smallest absolute Gasteiger partial charge is 0.150 e. The maximum atomic E-state index is 6.22. The lowest BCUT2D eigenvalue weighted by Gasteiger charge is -2.23. The minimum absolute atomic E-state index is 0.0343.